The van der Waals surface area contributed by atoms with Crippen molar-refractivity contribution in [2.75, 3.05) is 19.0 Å². The molecule has 1 amide bonds. The van der Waals surface area contributed by atoms with Crippen molar-refractivity contribution < 1.29 is 38.1 Å². The number of fused-ring (bicyclic) bond motifs is 1. The second-order valence-corrected chi connectivity index (χ2v) is 20.4. The number of benzene rings is 1. The summed E-state index contributed by atoms with van der Waals surface area (Å²) in [6, 6.07) is 6.58. The van der Waals surface area contributed by atoms with E-state index in [9.17, 15) is 23.8 Å². The van der Waals surface area contributed by atoms with Crippen LogP contribution < -0.4 is 14.8 Å². The summed E-state index contributed by atoms with van der Waals surface area (Å²) in [5, 5.41) is 5.54. The number of carbonyl (C=O) groups excluding carboxylic acids is 3. The van der Waals surface area contributed by atoms with Crippen molar-refractivity contribution in [2.45, 2.75) is 122 Å². The Labute approximate surface area is 339 Å². The fourth-order valence-electron chi connectivity index (χ4n) is 8.30. The van der Waals surface area contributed by atoms with Crippen molar-refractivity contribution in [1.82, 2.24) is 14.9 Å². The van der Waals surface area contributed by atoms with Crippen LogP contribution in [0, 0.1) is 17.3 Å². The first-order chi connectivity index (χ1) is 27.0. The Hall–Kier alpha value is -4.06. The molecule has 3 heterocycles. The van der Waals surface area contributed by atoms with Gasteiger partial charge in [0.05, 0.1) is 48.4 Å². The van der Waals surface area contributed by atoms with Crippen LogP contribution in [-0.4, -0.2) is 80.5 Å². The summed E-state index contributed by atoms with van der Waals surface area (Å²) >= 11 is 1.47. The second-order valence-electron chi connectivity index (χ2n) is 17.1. The van der Waals surface area contributed by atoms with E-state index in [1.54, 1.807) is 25.0 Å². The van der Waals surface area contributed by atoms with Gasteiger partial charge in [-0.25, -0.2) is 9.97 Å². The van der Waals surface area contributed by atoms with E-state index in [1.807, 2.05) is 64.3 Å². The summed E-state index contributed by atoms with van der Waals surface area (Å²) in [7, 11) is -2.33. The average molecular weight is 821 g/mol. The van der Waals surface area contributed by atoms with Crippen LogP contribution in [0.5, 0.6) is 11.5 Å². The van der Waals surface area contributed by atoms with Crippen LogP contribution in [0.2, 0.25) is 0 Å². The van der Waals surface area contributed by atoms with Gasteiger partial charge in [0.2, 0.25) is 13.3 Å². The molecule has 6 atom stereocenters. The van der Waals surface area contributed by atoms with Crippen molar-refractivity contribution in [1.29, 1.82) is 0 Å². The number of nitrogens with zero attached hydrogens (tertiary/aromatic N) is 3. The standard InChI is InChI=1S/C43H57N4O8PS/c1-9-17-56(51,52)43(22-27(43)10-2)23-37(48)36-19-30(24-47(36)40(50)32(42(5,6)7)20-39(49)55-28-13-11-12-14-28)54-38-21-34(35-25-57-41(46-35)44-26(3)4)45-33-18-29(53-8)15-16-31(33)38/h9-10,15-18,21,25-28,30,32,36H,2,11-14,19-20,22-24H2,1,3-8H3,(H,44,46)(H,51,52)/b17-9-/t27-,30-,32-,36+,43-/m1/s1. The van der Waals surface area contributed by atoms with E-state index >= 15 is 0 Å². The minimum absolute atomic E-state index is 0.0670. The summed E-state index contributed by atoms with van der Waals surface area (Å²) in [4.78, 5) is 65.2. The molecule has 0 spiro atoms. The fourth-order valence-corrected chi connectivity index (χ4v) is 11.3. The largest absolute Gasteiger partial charge is 0.497 e. The lowest BCUT2D eigenvalue weighted by atomic mass is 9.77. The third-order valence-electron chi connectivity index (χ3n) is 11.5. The van der Waals surface area contributed by atoms with Crippen molar-refractivity contribution in [3.8, 4) is 22.9 Å². The van der Waals surface area contributed by atoms with E-state index in [1.165, 1.54) is 23.2 Å². The van der Waals surface area contributed by atoms with E-state index in [0.29, 0.717) is 40.2 Å². The van der Waals surface area contributed by atoms with E-state index in [-0.39, 0.29) is 55.6 Å². The third-order valence-corrected chi connectivity index (χ3v) is 15.0. The first kappa shape index (κ1) is 42.5. The van der Waals surface area contributed by atoms with Gasteiger partial charge in [-0.05, 0) is 82.2 Å². The zero-order valence-electron chi connectivity index (χ0n) is 34.2. The molecule has 2 aromatic heterocycles. The van der Waals surface area contributed by atoms with Crippen molar-refractivity contribution in [3.63, 3.8) is 0 Å². The minimum atomic E-state index is -3.91. The normalized spacial score (nSPS) is 24.1. The van der Waals surface area contributed by atoms with Crippen LogP contribution in [0.15, 0.2) is 54.2 Å². The van der Waals surface area contributed by atoms with E-state index in [0.717, 1.165) is 30.8 Å². The molecule has 0 radical (unpaired) electrons. The van der Waals surface area contributed by atoms with Crippen LogP contribution in [0.3, 0.4) is 0 Å². The highest BCUT2D eigenvalue weighted by molar-refractivity contribution is 7.63. The van der Waals surface area contributed by atoms with Gasteiger partial charge in [0.1, 0.15) is 29.4 Å². The molecule has 3 aliphatic rings. The van der Waals surface area contributed by atoms with Crippen molar-refractivity contribution in [2.24, 2.45) is 17.3 Å². The number of amides is 1. The molecule has 1 aliphatic heterocycles. The molecular weight excluding hydrogens is 764 g/mol. The molecule has 6 rings (SSSR count). The maximum absolute atomic E-state index is 14.8. The van der Waals surface area contributed by atoms with Gasteiger partial charge in [-0.1, -0.05) is 32.9 Å². The first-order valence-electron chi connectivity index (χ1n) is 20.0. The van der Waals surface area contributed by atoms with Gasteiger partial charge >= 0.3 is 5.97 Å². The Morgan fingerprint density at radius 1 is 1.14 bits per heavy atom. The monoisotopic (exact) mass is 820 g/mol. The molecule has 2 aliphatic carbocycles. The molecule has 308 valence electrons. The van der Waals surface area contributed by atoms with Gasteiger partial charge in [-0.15, -0.1) is 17.9 Å². The quantitative estimate of drug-likeness (QED) is 0.0809. The maximum Gasteiger partial charge on any atom is 0.306 e. The molecule has 12 nitrogen and oxygen atoms in total. The highest BCUT2D eigenvalue weighted by atomic mass is 32.1. The minimum Gasteiger partial charge on any atom is -0.497 e. The predicted octanol–water partition coefficient (Wildman–Crippen LogP) is 8.78. The summed E-state index contributed by atoms with van der Waals surface area (Å²) in [6.45, 7) is 15.4. The first-order valence-corrected chi connectivity index (χ1v) is 22.6. The van der Waals surface area contributed by atoms with E-state index in [2.05, 4.69) is 11.9 Å². The lowest BCUT2D eigenvalue weighted by Gasteiger charge is -2.35. The number of ketones is 1. The molecule has 57 heavy (non-hydrogen) atoms. The van der Waals surface area contributed by atoms with Crippen LogP contribution in [-0.2, 0) is 23.7 Å². The maximum atomic E-state index is 14.8. The molecule has 3 fully saturated rings. The molecule has 1 aromatic carbocycles. The summed E-state index contributed by atoms with van der Waals surface area (Å²) < 4.78 is 31.8. The van der Waals surface area contributed by atoms with Crippen LogP contribution in [0.1, 0.15) is 92.9 Å². The number of anilines is 1. The van der Waals surface area contributed by atoms with Gasteiger partial charge in [0.25, 0.3) is 0 Å². The zero-order valence-corrected chi connectivity index (χ0v) is 35.9. The second kappa shape index (κ2) is 17.0. The summed E-state index contributed by atoms with van der Waals surface area (Å²) in [5.74, 6) is 0.206. The molecule has 1 saturated heterocycles. The number of esters is 1. The third kappa shape index (κ3) is 9.31. The van der Waals surface area contributed by atoms with Gasteiger partial charge < -0.3 is 29.3 Å². The van der Waals surface area contributed by atoms with Crippen LogP contribution in [0.4, 0.5) is 5.13 Å². The van der Waals surface area contributed by atoms with Crippen LogP contribution in [0.25, 0.3) is 22.3 Å². The smallest absolute Gasteiger partial charge is 0.306 e. The van der Waals surface area contributed by atoms with Gasteiger partial charge in [0, 0.05) is 41.8 Å². The molecule has 3 aromatic rings. The number of thiazole rings is 1. The molecule has 2 N–H and O–H groups in total. The zero-order chi connectivity index (χ0) is 41.3. The number of nitrogens with one attached hydrogen (secondary N) is 1. The number of methoxy groups -OCH3 is 1. The van der Waals surface area contributed by atoms with Crippen molar-refractivity contribution in [3.05, 3.63) is 54.2 Å². The number of aromatic nitrogens is 2. The highest BCUT2D eigenvalue weighted by Crippen LogP contribution is 2.73. The average Bonchev–Trinajstić information content (AvgIpc) is 3.55. The predicted molar refractivity (Wildman–Crippen MR) is 224 cm³/mol. The number of hydrogen-bond acceptors (Lipinski definition) is 11. The Bertz CT molecular complexity index is 2070. The Balaban J connectivity index is 1.35. The SMILES string of the molecule is C=C[C@@H]1C[C@]1(CC(=O)[C@@H]1C[C@@H](Oc2cc(-c3csc(NC(C)C)n3)nc3cc(OC)ccc23)CN1C(=O)[C@@H](CC(=O)OC1CCCC1)C(C)(C)C)P(=O)(O)/C=C\C. The highest BCUT2D eigenvalue weighted by Gasteiger charge is 2.64. The lowest BCUT2D eigenvalue weighted by Crippen LogP contribution is -2.48. The van der Waals surface area contributed by atoms with E-state index < -0.39 is 42.0 Å². The Morgan fingerprint density at radius 2 is 1.88 bits per heavy atom. The van der Waals surface area contributed by atoms with Gasteiger partial charge in [-0.3, -0.25) is 18.9 Å². The summed E-state index contributed by atoms with van der Waals surface area (Å²) in [6.07, 6.45) is 6.20. The van der Waals surface area contributed by atoms with Crippen molar-refractivity contribution >= 4 is 52.4 Å². The summed E-state index contributed by atoms with van der Waals surface area (Å²) in [5.41, 5.74) is 1.21. The number of rotatable bonds is 16. The number of pyridine rings is 1. The Morgan fingerprint density at radius 3 is 2.51 bits per heavy atom. The number of ether oxygens (including phenoxy) is 3. The molecule has 1 unspecified atom stereocenters. The van der Waals surface area contributed by atoms with Crippen LogP contribution >= 0.6 is 18.7 Å². The molecule has 0 bridgehead atoms. The lowest BCUT2D eigenvalue weighted by molar-refractivity contribution is -0.156. The number of Topliss-reactive ketones (excluding diaryl/α,β-unsaturated/α-hetero) is 1. The number of likely N-dealkylation sites (tertiary alicyclic amines) is 1. The van der Waals surface area contributed by atoms with Gasteiger partial charge in [0.15, 0.2) is 10.9 Å². The topological polar surface area (TPSA) is 157 Å². The van der Waals surface area contributed by atoms with Gasteiger partial charge in [-0.2, -0.15) is 0 Å². The number of hydrogen-bond donors (Lipinski definition) is 2. The number of carbonyl (C=O) groups is 3. The molecular formula is C43H57N4O8PS. The number of allylic oxidation sites excluding steroid dienone is 2. The van der Waals surface area contributed by atoms with E-state index in [4.69, 9.17) is 24.2 Å². The molecule has 14 heteroatoms. The Kier molecular flexibility index (Phi) is 12.7. The fraction of sp³-hybridized carbons (Fsp3) is 0.558. The molecule has 2 saturated carbocycles.